The van der Waals surface area contributed by atoms with E-state index in [1.807, 2.05) is 0 Å². The van der Waals surface area contributed by atoms with Crippen LogP contribution in [-0.2, 0) is 10.0 Å². The van der Waals surface area contributed by atoms with Gasteiger partial charge in [0, 0.05) is 17.9 Å². The van der Waals surface area contributed by atoms with Crippen LogP contribution in [-0.4, -0.2) is 26.2 Å². The number of nitrogens with two attached hydrogens (primary N) is 2. The van der Waals surface area contributed by atoms with Crippen LogP contribution in [0.4, 0.5) is 11.4 Å². The maximum atomic E-state index is 11.3. The summed E-state index contributed by atoms with van der Waals surface area (Å²) >= 11 is 0. The smallest absolute Gasteiger partial charge is 0.238 e. The van der Waals surface area contributed by atoms with Gasteiger partial charge in [0.2, 0.25) is 10.0 Å². The van der Waals surface area contributed by atoms with Crippen LogP contribution in [0.3, 0.4) is 0 Å². The van der Waals surface area contributed by atoms with Crippen LogP contribution in [0.5, 0.6) is 0 Å². The van der Waals surface area contributed by atoms with E-state index in [1.165, 1.54) is 12.1 Å². The van der Waals surface area contributed by atoms with Gasteiger partial charge < -0.3 is 16.2 Å². The molecular weight excluding hydrogens is 278 g/mol. The summed E-state index contributed by atoms with van der Waals surface area (Å²) in [5.74, 6) is 0.387. The number of sulfonamides is 1. The Morgan fingerprint density at radius 1 is 1.30 bits per heavy atom. The molecule has 1 fully saturated rings. The van der Waals surface area contributed by atoms with E-state index in [9.17, 15) is 13.5 Å². The topological polar surface area (TPSA) is 118 Å². The number of aliphatic hydroxyl groups is 1. The van der Waals surface area contributed by atoms with Gasteiger partial charge in [0.25, 0.3) is 0 Å². The van der Waals surface area contributed by atoms with Crippen molar-refractivity contribution in [1.82, 2.24) is 0 Å². The second kappa shape index (κ2) is 5.99. The Bertz CT molecular complexity index is 574. The molecule has 1 saturated carbocycles. The van der Waals surface area contributed by atoms with Crippen molar-refractivity contribution in [3.8, 4) is 0 Å². The minimum atomic E-state index is -3.76. The van der Waals surface area contributed by atoms with Crippen LogP contribution in [0.2, 0.25) is 0 Å². The summed E-state index contributed by atoms with van der Waals surface area (Å²) in [7, 11) is -3.76. The summed E-state index contributed by atoms with van der Waals surface area (Å²) in [6, 6.07) is 4.49. The predicted octanol–water partition coefficient (Wildman–Crippen LogP) is 0.879. The van der Waals surface area contributed by atoms with E-state index < -0.39 is 10.0 Å². The number of hydrogen-bond acceptors (Lipinski definition) is 5. The molecule has 6 nitrogen and oxygen atoms in total. The van der Waals surface area contributed by atoms with E-state index >= 15 is 0 Å². The molecule has 1 aliphatic carbocycles. The molecule has 20 heavy (non-hydrogen) atoms. The molecule has 112 valence electrons. The lowest BCUT2D eigenvalue weighted by atomic mass is 9.87. The number of benzene rings is 1. The molecule has 0 bridgehead atoms. The molecule has 0 heterocycles. The maximum Gasteiger partial charge on any atom is 0.238 e. The fraction of sp³-hybridized carbons (Fsp3) is 0.538. The first kappa shape index (κ1) is 15.1. The number of nitrogen functional groups attached to an aromatic ring is 1. The quantitative estimate of drug-likeness (QED) is 0.615. The van der Waals surface area contributed by atoms with E-state index in [-0.39, 0.29) is 11.0 Å². The van der Waals surface area contributed by atoms with Gasteiger partial charge in [-0.1, -0.05) is 6.42 Å². The second-order valence-corrected chi connectivity index (χ2v) is 6.96. The molecule has 2 unspecified atom stereocenters. The van der Waals surface area contributed by atoms with Crippen molar-refractivity contribution in [3.05, 3.63) is 18.2 Å². The van der Waals surface area contributed by atoms with Crippen molar-refractivity contribution >= 4 is 21.4 Å². The molecule has 6 N–H and O–H groups in total. The lowest BCUT2D eigenvalue weighted by Crippen LogP contribution is -2.25. The average Bonchev–Trinajstić information content (AvgIpc) is 2.35. The van der Waals surface area contributed by atoms with Crippen molar-refractivity contribution in [1.29, 1.82) is 0 Å². The van der Waals surface area contributed by atoms with Gasteiger partial charge >= 0.3 is 0 Å². The monoisotopic (exact) mass is 299 g/mol. The molecule has 0 radical (unpaired) electrons. The van der Waals surface area contributed by atoms with Gasteiger partial charge in [-0.15, -0.1) is 0 Å². The van der Waals surface area contributed by atoms with Crippen LogP contribution >= 0.6 is 0 Å². The van der Waals surface area contributed by atoms with Crippen LogP contribution in [0.15, 0.2) is 23.1 Å². The first-order valence-electron chi connectivity index (χ1n) is 6.70. The normalized spacial score (nSPS) is 23.5. The molecule has 2 rings (SSSR count). The molecule has 0 spiro atoms. The SMILES string of the molecule is Nc1cc(NCC2CCCC(O)C2)cc(S(N)(=O)=O)c1. The Morgan fingerprint density at radius 3 is 2.70 bits per heavy atom. The van der Waals surface area contributed by atoms with E-state index in [0.29, 0.717) is 23.8 Å². The zero-order chi connectivity index (χ0) is 14.8. The number of nitrogens with one attached hydrogen (secondary N) is 1. The van der Waals surface area contributed by atoms with Crippen molar-refractivity contribution < 1.29 is 13.5 Å². The Hall–Kier alpha value is -1.31. The van der Waals surface area contributed by atoms with Crippen molar-refractivity contribution in [2.24, 2.45) is 11.1 Å². The van der Waals surface area contributed by atoms with Crippen molar-refractivity contribution in [2.45, 2.75) is 36.7 Å². The minimum absolute atomic E-state index is 0.00341. The molecule has 1 aromatic rings. The molecule has 0 saturated heterocycles. The lowest BCUT2D eigenvalue weighted by Gasteiger charge is -2.26. The first-order chi connectivity index (χ1) is 9.34. The number of rotatable bonds is 4. The van der Waals surface area contributed by atoms with Crippen molar-refractivity contribution in [2.75, 3.05) is 17.6 Å². The summed E-state index contributed by atoms with van der Waals surface area (Å²) in [6.07, 6.45) is 3.50. The fourth-order valence-electron chi connectivity index (χ4n) is 2.60. The van der Waals surface area contributed by atoms with E-state index in [0.717, 1.165) is 25.7 Å². The van der Waals surface area contributed by atoms with Gasteiger partial charge in [-0.25, -0.2) is 13.6 Å². The molecule has 0 aromatic heterocycles. The van der Waals surface area contributed by atoms with Crippen LogP contribution in [0.25, 0.3) is 0 Å². The second-order valence-electron chi connectivity index (χ2n) is 5.40. The zero-order valence-corrected chi connectivity index (χ0v) is 12.1. The van der Waals surface area contributed by atoms with Crippen molar-refractivity contribution in [3.63, 3.8) is 0 Å². The zero-order valence-electron chi connectivity index (χ0n) is 11.2. The number of hydrogen-bond donors (Lipinski definition) is 4. The fourth-order valence-corrected chi connectivity index (χ4v) is 3.19. The van der Waals surface area contributed by atoms with Gasteiger partial charge in [-0.05, 0) is 43.4 Å². The third-order valence-corrected chi connectivity index (χ3v) is 4.50. The standard InChI is InChI=1S/C13H21N3O3S/c14-10-5-11(7-13(6-10)20(15,18)19)16-8-9-2-1-3-12(17)4-9/h5-7,9,12,16-17H,1-4,8,14H2,(H2,15,18,19). The highest BCUT2D eigenvalue weighted by atomic mass is 32.2. The number of primary sulfonamides is 1. The molecule has 1 aliphatic rings. The average molecular weight is 299 g/mol. The third-order valence-electron chi connectivity index (χ3n) is 3.61. The van der Waals surface area contributed by atoms with Crippen LogP contribution in [0, 0.1) is 5.92 Å². The Labute approximate surface area is 119 Å². The highest BCUT2D eigenvalue weighted by molar-refractivity contribution is 7.89. The Balaban J connectivity index is 2.04. The lowest BCUT2D eigenvalue weighted by molar-refractivity contribution is 0.105. The summed E-state index contributed by atoms with van der Waals surface area (Å²) in [5, 5.41) is 17.9. The highest BCUT2D eigenvalue weighted by Crippen LogP contribution is 2.25. The molecule has 2 atom stereocenters. The van der Waals surface area contributed by atoms with Gasteiger partial charge in [0.1, 0.15) is 0 Å². The molecule has 0 amide bonds. The minimum Gasteiger partial charge on any atom is -0.399 e. The molecule has 0 aliphatic heterocycles. The maximum absolute atomic E-state index is 11.3. The predicted molar refractivity (Wildman–Crippen MR) is 78.7 cm³/mol. The molecular formula is C13H21N3O3S. The molecule has 1 aromatic carbocycles. The van der Waals surface area contributed by atoms with E-state index in [2.05, 4.69) is 5.32 Å². The number of aliphatic hydroxyl groups excluding tert-OH is 1. The van der Waals surface area contributed by atoms with Gasteiger partial charge in [0.15, 0.2) is 0 Å². The highest BCUT2D eigenvalue weighted by Gasteiger charge is 2.20. The summed E-state index contributed by atoms with van der Waals surface area (Å²) < 4.78 is 22.7. The van der Waals surface area contributed by atoms with Gasteiger partial charge in [-0.2, -0.15) is 0 Å². The van der Waals surface area contributed by atoms with E-state index in [1.54, 1.807) is 6.07 Å². The largest absolute Gasteiger partial charge is 0.399 e. The van der Waals surface area contributed by atoms with Gasteiger partial charge in [-0.3, -0.25) is 0 Å². The molecule has 7 heteroatoms. The van der Waals surface area contributed by atoms with Crippen LogP contribution < -0.4 is 16.2 Å². The van der Waals surface area contributed by atoms with E-state index in [4.69, 9.17) is 10.9 Å². The Morgan fingerprint density at radius 2 is 2.05 bits per heavy atom. The first-order valence-corrected chi connectivity index (χ1v) is 8.24. The summed E-state index contributed by atoms with van der Waals surface area (Å²) in [6.45, 7) is 0.685. The Kier molecular flexibility index (Phi) is 4.52. The summed E-state index contributed by atoms with van der Waals surface area (Å²) in [4.78, 5) is 0.00341. The van der Waals surface area contributed by atoms with Gasteiger partial charge in [0.05, 0.1) is 11.0 Å². The summed E-state index contributed by atoms with van der Waals surface area (Å²) in [5.41, 5.74) is 6.67. The third kappa shape index (κ3) is 4.09. The number of anilines is 2. The van der Waals surface area contributed by atoms with Crippen LogP contribution in [0.1, 0.15) is 25.7 Å².